The molecule has 0 aliphatic rings. The number of hydrogen-bond acceptors (Lipinski definition) is 3. The first-order valence-electron chi connectivity index (χ1n) is 4.23. The van der Waals surface area contributed by atoms with Gasteiger partial charge >= 0.3 is 5.97 Å². The Labute approximate surface area is 77.5 Å². The van der Waals surface area contributed by atoms with E-state index < -0.39 is 11.9 Å². The van der Waals surface area contributed by atoms with E-state index >= 15 is 0 Å². The molecule has 0 spiro atoms. The molecule has 0 aromatic heterocycles. The molecule has 0 aromatic rings. The van der Waals surface area contributed by atoms with Crippen molar-refractivity contribution in [2.75, 3.05) is 19.6 Å². The van der Waals surface area contributed by atoms with Gasteiger partial charge in [0.05, 0.1) is 12.5 Å². The molecular formula is C8H16N2O3. The minimum atomic E-state index is -0.900. The van der Waals surface area contributed by atoms with Crippen LogP contribution in [0.25, 0.3) is 0 Å². The van der Waals surface area contributed by atoms with Crippen LogP contribution in [0.15, 0.2) is 0 Å². The molecule has 1 atom stereocenters. The molecule has 76 valence electrons. The zero-order chi connectivity index (χ0) is 10.4. The maximum atomic E-state index is 11.1. The van der Waals surface area contributed by atoms with Crippen LogP contribution in [0.4, 0.5) is 0 Å². The third kappa shape index (κ3) is 3.89. The van der Waals surface area contributed by atoms with Crippen LogP contribution in [0.3, 0.4) is 0 Å². The average molecular weight is 188 g/mol. The highest BCUT2D eigenvalue weighted by atomic mass is 16.4. The molecule has 5 heteroatoms. The predicted octanol–water partition coefficient (Wildman–Crippen LogP) is -0.486. The summed E-state index contributed by atoms with van der Waals surface area (Å²) in [4.78, 5) is 23.0. The Morgan fingerprint density at radius 1 is 1.54 bits per heavy atom. The van der Waals surface area contributed by atoms with Gasteiger partial charge in [-0.25, -0.2) is 0 Å². The van der Waals surface area contributed by atoms with Gasteiger partial charge in [0.2, 0.25) is 5.91 Å². The van der Waals surface area contributed by atoms with Gasteiger partial charge in [0.15, 0.2) is 0 Å². The fourth-order valence-corrected chi connectivity index (χ4v) is 0.945. The second-order valence-corrected chi connectivity index (χ2v) is 2.88. The fourth-order valence-electron chi connectivity index (χ4n) is 0.945. The van der Waals surface area contributed by atoms with Crippen molar-refractivity contribution in [1.29, 1.82) is 0 Å². The number of likely N-dealkylation sites (N-methyl/N-ethyl adjacent to an activating group) is 1. The number of nitrogens with zero attached hydrogens (tertiary/aromatic N) is 1. The minimum absolute atomic E-state index is 0.0693. The topological polar surface area (TPSA) is 83.6 Å². The normalized spacial score (nSPS) is 12.2. The van der Waals surface area contributed by atoms with Crippen molar-refractivity contribution >= 4 is 11.9 Å². The zero-order valence-corrected chi connectivity index (χ0v) is 7.99. The Kier molecular flexibility index (Phi) is 5.06. The van der Waals surface area contributed by atoms with Crippen molar-refractivity contribution in [2.45, 2.75) is 13.8 Å². The molecule has 0 rings (SSSR count). The Balaban J connectivity index is 4.12. The van der Waals surface area contributed by atoms with Crippen molar-refractivity contribution in [1.82, 2.24) is 4.90 Å². The number of carboxylic acid groups (broad SMARTS) is 1. The van der Waals surface area contributed by atoms with E-state index in [0.717, 1.165) is 0 Å². The van der Waals surface area contributed by atoms with Crippen molar-refractivity contribution in [2.24, 2.45) is 11.7 Å². The lowest BCUT2D eigenvalue weighted by Crippen LogP contribution is -2.40. The number of carbonyl (C=O) groups excluding carboxylic acids is 1. The highest BCUT2D eigenvalue weighted by Crippen LogP contribution is 1.99. The lowest BCUT2D eigenvalue weighted by atomic mass is 10.1. The molecule has 0 radical (unpaired) electrons. The Morgan fingerprint density at radius 2 is 2.08 bits per heavy atom. The summed E-state index contributed by atoms with van der Waals surface area (Å²) < 4.78 is 0. The van der Waals surface area contributed by atoms with E-state index in [2.05, 4.69) is 0 Å². The van der Waals surface area contributed by atoms with E-state index in [0.29, 0.717) is 6.54 Å². The van der Waals surface area contributed by atoms with E-state index in [1.54, 1.807) is 13.8 Å². The molecule has 0 aliphatic carbocycles. The number of nitrogens with two attached hydrogens (primary N) is 1. The lowest BCUT2D eigenvalue weighted by molar-refractivity contribution is -0.142. The van der Waals surface area contributed by atoms with E-state index in [1.807, 2.05) is 0 Å². The Bertz CT molecular complexity index is 194. The first-order chi connectivity index (χ1) is 6.02. The maximum absolute atomic E-state index is 11.1. The Morgan fingerprint density at radius 3 is 2.38 bits per heavy atom. The Hall–Kier alpha value is -1.10. The zero-order valence-electron chi connectivity index (χ0n) is 7.99. The number of rotatable bonds is 5. The SMILES string of the molecule is CCN(CC(C)C(=O)O)C(=O)CN. The van der Waals surface area contributed by atoms with Gasteiger partial charge in [0, 0.05) is 13.1 Å². The molecule has 0 heterocycles. The van der Waals surface area contributed by atoms with Gasteiger partial charge < -0.3 is 15.7 Å². The molecule has 0 fully saturated rings. The summed E-state index contributed by atoms with van der Waals surface area (Å²) in [7, 11) is 0. The van der Waals surface area contributed by atoms with Crippen LogP contribution in [-0.2, 0) is 9.59 Å². The van der Waals surface area contributed by atoms with Crippen molar-refractivity contribution in [3.05, 3.63) is 0 Å². The third-order valence-corrected chi connectivity index (χ3v) is 1.82. The second-order valence-electron chi connectivity index (χ2n) is 2.88. The molecule has 5 nitrogen and oxygen atoms in total. The first-order valence-corrected chi connectivity index (χ1v) is 4.23. The standard InChI is InChI=1S/C8H16N2O3/c1-3-10(7(11)4-9)5-6(2)8(12)13/h6H,3-5,9H2,1-2H3,(H,12,13). The van der Waals surface area contributed by atoms with Crippen LogP contribution in [0.5, 0.6) is 0 Å². The summed E-state index contributed by atoms with van der Waals surface area (Å²) in [5.41, 5.74) is 5.16. The van der Waals surface area contributed by atoms with Crippen LogP contribution in [0.2, 0.25) is 0 Å². The number of carboxylic acids is 1. The number of hydrogen-bond donors (Lipinski definition) is 2. The third-order valence-electron chi connectivity index (χ3n) is 1.82. The quantitative estimate of drug-likeness (QED) is 0.610. The van der Waals surface area contributed by atoms with Gasteiger partial charge in [0.1, 0.15) is 0 Å². The molecule has 1 unspecified atom stereocenters. The minimum Gasteiger partial charge on any atom is -0.481 e. The summed E-state index contributed by atoms with van der Waals surface area (Å²) in [5, 5.41) is 8.61. The summed E-state index contributed by atoms with van der Waals surface area (Å²) in [5.74, 6) is -1.66. The van der Waals surface area contributed by atoms with Gasteiger partial charge in [-0.2, -0.15) is 0 Å². The molecule has 0 bridgehead atoms. The van der Waals surface area contributed by atoms with E-state index in [9.17, 15) is 9.59 Å². The summed E-state index contributed by atoms with van der Waals surface area (Å²) in [6.07, 6.45) is 0. The van der Waals surface area contributed by atoms with Crippen molar-refractivity contribution < 1.29 is 14.7 Å². The molecule has 0 saturated heterocycles. The van der Waals surface area contributed by atoms with Gasteiger partial charge in [-0.1, -0.05) is 6.92 Å². The summed E-state index contributed by atoms with van der Waals surface area (Å²) >= 11 is 0. The molecule has 3 N–H and O–H groups in total. The lowest BCUT2D eigenvalue weighted by Gasteiger charge is -2.21. The van der Waals surface area contributed by atoms with E-state index in [4.69, 9.17) is 10.8 Å². The van der Waals surface area contributed by atoms with E-state index in [1.165, 1.54) is 4.90 Å². The van der Waals surface area contributed by atoms with Gasteiger partial charge in [-0.15, -0.1) is 0 Å². The van der Waals surface area contributed by atoms with Crippen LogP contribution < -0.4 is 5.73 Å². The smallest absolute Gasteiger partial charge is 0.308 e. The number of amides is 1. The summed E-state index contributed by atoms with van der Waals surface area (Å²) in [6.45, 7) is 4.01. The van der Waals surface area contributed by atoms with E-state index in [-0.39, 0.29) is 19.0 Å². The van der Waals surface area contributed by atoms with Crippen LogP contribution >= 0.6 is 0 Å². The van der Waals surface area contributed by atoms with Gasteiger partial charge in [-0.3, -0.25) is 9.59 Å². The maximum Gasteiger partial charge on any atom is 0.308 e. The molecule has 0 aromatic carbocycles. The largest absolute Gasteiger partial charge is 0.481 e. The molecular weight excluding hydrogens is 172 g/mol. The average Bonchev–Trinajstić information content (AvgIpc) is 2.12. The molecule has 13 heavy (non-hydrogen) atoms. The highest BCUT2D eigenvalue weighted by Gasteiger charge is 2.17. The van der Waals surface area contributed by atoms with Crippen molar-refractivity contribution in [3.8, 4) is 0 Å². The predicted molar refractivity (Wildman–Crippen MR) is 48.1 cm³/mol. The van der Waals surface area contributed by atoms with Crippen LogP contribution in [0.1, 0.15) is 13.8 Å². The molecule has 1 amide bonds. The number of aliphatic carboxylic acids is 1. The fraction of sp³-hybridized carbons (Fsp3) is 0.750. The first kappa shape index (κ1) is 11.9. The second kappa shape index (κ2) is 5.53. The van der Waals surface area contributed by atoms with Gasteiger partial charge in [0.25, 0.3) is 0 Å². The highest BCUT2D eigenvalue weighted by molar-refractivity contribution is 5.79. The monoisotopic (exact) mass is 188 g/mol. The summed E-state index contributed by atoms with van der Waals surface area (Å²) in [6, 6.07) is 0. The van der Waals surface area contributed by atoms with Crippen LogP contribution in [-0.4, -0.2) is 41.5 Å². The van der Waals surface area contributed by atoms with Crippen molar-refractivity contribution in [3.63, 3.8) is 0 Å². The van der Waals surface area contributed by atoms with Gasteiger partial charge in [-0.05, 0) is 6.92 Å². The number of carbonyl (C=O) groups is 2. The molecule has 0 saturated carbocycles. The molecule has 0 aliphatic heterocycles. The van der Waals surface area contributed by atoms with Crippen LogP contribution in [0, 0.1) is 5.92 Å².